The number of benzene rings is 3. The molecule has 0 atom stereocenters. The van der Waals surface area contributed by atoms with Gasteiger partial charge in [-0.3, -0.25) is 4.98 Å². The molecule has 0 aliphatic rings. The fourth-order valence-corrected chi connectivity index (χ4v) is 4.41. The summed E-state index contributed by atoms with van der Waals surface area (Å²) in [7, 11) is 0. The van der Waals surface area contributed by atoms with Gasteiger partial charge in [0.15, 0.2) is 0 Å². The average Bonchev–Trinajstić information content (AvgIpc) is 2.85. The predicted octanol–water partition coefficient (Wildman–Crippen LogP) is 5.50. The first-order chi connectivity index (χ1) is 9.83. The van der Waals surface area contributed by atoms with Crippen molar-refractivity contribution in [2.45, 2.75) is 6.92 Å². The SMILES string of the molecule is Cc1ccc2c(c1)c1cccc3sc4ccnc2c4c31. The molecular weight excluding hydrogens is 262 g/mol. The maximum atomic E-state index is 4.67. The zero-order valence-electron chi connectivity index (χ0n) is 11.0. The Labute approximate surface area is 119 Å². The van der Waals surface area contributed by atoms with Crippen LogP contribution in [0.3, 0.4) is 0 Å². The molecule has 0 radical (unpaired) electrons. The third-order valence-electron chi connectivity index (χ3n) is 4.13. The van der Waals surface area contributed by atoms with Crippen LogP contribution in [0.2, 0.25) is 0 Å². The van der Waals surface area contributed by atoms with Crippen molar-refractivity contribution in [3.63, 3.8) is 0 Å². The summed E-state index contributed by atoms with van der Waals surface area (Å²) in [4.78, 5) is 4.67. The van der Waals surface area contributed by atoms with Crippen LogP contribution in [-0.2, 0) is 0 Å². The van der Waals surface area contributed by atoms with Crippen LogP contribution in [0.5, 0.6) is 0 Å². The van der Waals surface area contributed by atoms with Crippen LogP contribution in [0.1, 0.15) is 5.56 Å². The van der Waals surface area contributed by atoms with Gasteiger partial charge in [0.25, 0.3) is 0 Å². The van der Waals surface area contributed by atoms with E-state index in [1.165, 1.54) is 41.9 Å². The molecule has 0 fully saturated rings. The number of thiophene rings is 1. The van der Waals surface area contributed by atoms with Crippen LogP contribution in [0.4, 0.5) is 0 Å². The van der Waals surface area contributed by atoms with Crippen molar-refractivity contribution in [1.82, 2.24) is 4.98 Å². The molecule has 0 spiro atoms. The Morgan fingerprint density at radius 1 is 0.850 bits per heavy atom. The molecule has 2 heterocycles. The van der Waals surface area contributed by atoms with E-state index in [9.17, 15) is 0 Å². The van der Waals surface area contributed by atoms with Gasteiger partial charge >= 0.3 is 0 Å². The van der Waals surface area contributed by atoms with Crippen LogP contribution in [0.15, 0.2) is 48.7 Å². The van der Waals surface area contributed by atoms with Crippen LogP contribution < -0.4 is 0 Å². The number of hydrogen-bond acceptors (Lipinski definition) is 2. The van der Waals surface area contributed by atoms with E-state index in [2.05, 4.69) is 54.4 Å². The summed E-state index contributed by atoms with van der Waals surface area (Å²) in [5, 5.41) is 6.65. The molecule has 0 aliphatic heterocycles. The molecule has 5 aromatic rings. The Balaban J connectivity index is 2.30. The molecule has 0 unspecified atom stereocenters. The highest BCUT2D eigenvalue weighted by Crippen LogP contribution is 2.43. The minimum atomic E-state index is 1.14. The van der Waals surface area contributed by atoms with E-state index in [1.807, 2.05) is 17.5 Å². The van der Waals surface area contributed by atoms with Crippen molar-refractivity contribution >= 4 is 53.2 Å². The molecule has 0 N–H and O–H groups in total. The smallest absolute Gasteiger partial charge is 0.0801 e. The number of aryl methyl sites for hydroxylation is 1. The lowest BCUT2D eigenvalue weighted by Crippen LogP contribution is -1.85. The molecule has 0 saturated heterocycles. The molecule has 0 saturated carbocycles. The third kappa shape index (κ3) is 1.15. The first kappa shape index (κ1) is 10.6. The third-order valence-corrected chi connectivity index (χ3v) is 5.25. The molecule has 0 amide bonds. The average molecular weight is 273 g/mol. The quantitative estimate of drug-likeness (QED) is 0.339. The molecule has 20 heavy (non-hydrogen) atoms. The fourth-order valence-electron chi connectivity index (χ4n) is 3.28. The summed E-state index contributed by atoms with van der Waals surface area (Å²) < 4.78 is 2.70. The molecule has 5 rings (SSSR count). The van der Waals surface area contributed by atoms with E-state index in [4.69, 9.17) is 0 Å². The summed E-state index contributed by atoms with van der Waals surface area (Å²) in [5.74, 6) is 0. The molecule has 3 aromatic carbocycles. The van der Waals surface area contributed by atoms with E-state index in [0.717, 1.165) is 5.52 Å². The van der Waals surface area contributed by atoms with E-state index in [0.29, 0.717) is 0 Å². The first-order valence-electron chi connectivity index (χ1n) is 6.74. The van der Waals surface area contributed by atoms with Crippen molar-refractivity contribution < 1.29 is 0 Å². The predicted molar refractivity (Wildman–Crippen MR) is 88.1 cm³/mol. The van der Waals surface area contributed by atoms with Crippen LogP contribution in [-0.4, -0.2) is 4.98 Å². The molecule has 0 bridgehead atoms. The van der Waals surface area contributed by atoms with E-state index < -0.39 is 0 Å². The maximum absolute atomic E-state index is 4.67. The van der Waals surface area contributed by atoms with Crippen molar-refractivity contribution in [3.05, 3.63) is 54.2 Å². The van der Waals surface area contributed by atoms with E-state index in [-0.39, 0.29) is 0 Å². The van der Waals surface area contributed by atoms with Gasteiger partial charge in [-0.15, -0.1) is 11.3 Å². The second-order valence-electron chi connectivity index (χ2n) is 5.36. The minimum absolute atomic E-state index is 1.14. The maximum Gasteiger partial charge on any atom is 0.0801 e. The molecule has 2 aromatic heterocycles. The number of aromatic nitrogens is 1. The van der Waals surface area contributed by atoms with Gasteiger partial charge in [-0.25, -0.2) is 0 Å². The number of hydrogen-bond donors (Lipinski definition) is 0. The minimum Gasteiger partial charge on any atom is -0.255 e. The molecule has 0 aliphatic carbocycles. The van der Waals surface area contributed by atoms with Crippen molar-refractivity contribution in [2.75, 3.05) is 0 Å². The Morgan fingerprint density at radius 2 is 1.75 bits per heavy atom. The number of rotatable bonds is 0. The van der Waals surface area contributed by atoms with Crippen molar-refractivity contribution in [2.24, 2.45) is 0 Å². The fraction of sp³-hybridized carbons (Fsp3) is 0.0556. The van der Waals surface area contributed by atoms with E-state index >= 15 is 0 Å². The summed E-state index contributed by atoms with van der Waals surface area (Å²) >= 11 is 1.86. The summed E-state index contributed by atoms with van der Waals surface area (Å²) in [6, 6.07) is 15.4. The zero-order valence-corrected chi connectivity index (χ0v) is 11.8. The lowest BCUT2D eigenvalue weighted by molar-refractivity contribution is 1.44. The van der Waals surface area contributed by atoms with Gasteiger partial charge in [-0.05, 0) is 29.8 Å². The topological polar surface area (TPSA) is 12.9 Å². The van der Waals surface area contributed by atoms with Gasteiger partial charge in [0.2, 0.25) is 0 Å². The standard InChI is InChI=1S/C18H11NS/c1-10-5-6-12-13(9-10)11-3-2-4-14-16(11)17-15(20-14)7-8-19-18(12)17/h2-9H,1H3. The highest BCUT2D eigenvalue weighted by Gasteiger charge is 2.15. The van der Waals surface area contributed by atoms with Crippen molar-refractivity contribution in [3.8, 4) is 0 Å². The van der Waals surface area contributed by atoms with Gasteiger partial charge < -0.3 is 0 Å². The normalized spacial score (nSPS) is 12.2. The van der Waals surface area contributed by atoms with Crippen molar-refractivity contribution in [1.29, 1.82) is 0 Å². The van der Waals surface area contributed by atoms with E-state index in [1.54, 1.807) is 0 Å². The first-order valence-corrected chi connectivity index (χ1v) is 7.56. The van der Waals surface area contributed by atoms with Crippen LogP contribution in [0.25, 0.3) is 41.8 Å². The molecule has 2 heteroatoms. The lowest BCUT2D eigenvalue weighted by Gasteiger charge is -2.08. The van der Waals surface area contributed by atoms with Crippen LogP contribution >= 0.6 is 11.3 Å². The summed E-state index contributed by atoms with van der Waals surface area (Å²) in [5.41, 5.74) is 2.44. The number of nitrogens with zero attached hydrogens (tertiary/aromatic N) is 1. The Kier molecular flexibility index (Phi) is 1.83. The number of pyridine rings is 1. The van der Waals surface area contributed by atoms with Gasteiger partial charge in [-0.1, -0.05) is 35.9 Å². The second-order valence-corrected chi connectivity index (χ2v) is 6.45. The zero-order chi connectivity index (χ0) is 13.3. The van der Waals surface area contributed by atoms with Crippen LogP contribution in [0, 0.1) is 6.92 Å². The molecule has 94 valence electrons. The molecular formula is C18H11NS. The number of fused-ring (bicyclic) bond motifs is 3. The Bertz CT molecular complexity index is 1100. The summed E-state index contributed by atoms with van der Waals surface area (Å²) in [6.45, 7) is 2.15. The van der Waals surface area contributed by atoms with Gasteiger partial charge in [-0.2, -0.15) is 0 Å². The molecule has 1 nitrogen and oxygen atoms in total. The summed E-state index contributed by atoms with van der Waals surface area (Å²) in [6.07, 6.45) is 1.93. The highest BCUT2D eigenvalue weighted by atomic mass is 32.1. The second kappa shape index (κ2) is 3.47. The van der Waals surface area contributed by atoms with Gasteiger partial charge in [0.1, 0.15) is 0 Å². The van der Waals surface area contributed by atoms with Gasteiger partial charge in [0.05, 0.1) is 5.52 Å². The highest BCUT2D eigenvalue weighted by molar-refractivity contribution is 7.26. The largest absolute Gasteiger partial charge is 0.255 e. The lowest BCUT2D eigenvalue weighted by atomic mass is 9.96. The van der Waals surface area contributed by atoms with Gasteiger partial charge in [0, 0.05) is 31.8 Å². The Morgan fingerprint density at radius 3 is 2.70 bits per heavy atom. The Hall–Kier alpha value is -2.19. The monoisotopic (exact) mass is 273 g/mol.